The number of carbonyl (C=O) groups excluding carboxylic acids is 1. The van der Waals surface area contributed by atoms with Gasteiger partial charge in [0.2, 0.25) is 5.91 Å². The molecule has 0 unspecified atom stereocenters. The van der Waals surface area contributed by atoms with Crippen LogP contribution in [0, 0.1) is 0 Å². The van der Waals surface area contributed by atoms with Crippen LogP contribution in [0.15, 0.2) is 12.3 Å². The standard InChI is InChI=1S/C11H11F3N2O4S/c12-11(13,14)6-20-4-3-8(17)16-10-15-5-7(21-10)1-2-9(18)19/h1-2,5H,3-4,6H2,(H,18,19)(H,15,16,17)/b2-1+. The van der Waals surface area contributed by atoms with Crippen molar-refractivity contribution in [1.29, 1.82) is 0 Å². The largest absolute Gasteiger partial charge is 0.478 e. The van der Waals surface area contributed by atoms with E-state index in [1.54, 1.807) is 0 Å². The third kappa shape index (κ3) is 8.05. The first-order chi connectivity index (χ1) is 9.76. The number of nitrogens with one attached hydrogen (secondary N) is 1. The normalized spacial score (nSPS) is 11.8. The van der Waals surface area contributed by atoms with Gasteiger partial charge in [-0.15, -0.1) is 0 Å². The second kappa shape index (κ2) is 7.74. The van der Waals surface area contributed by atoms with Gasteiger partial charge in [0.1, 0.15) is 6.61 Å². The number of aromatic nitrogens is 1. The fourth-order valence-electron chi connectivity index (χ4n) is 1.11. The highest BCUT2D eigenvalue weighted by Crippen LogP contribution is 2.19. The Kier molecular flexibility index (Phi) is 6.31. The summed E-state index contributed by atoms with van der Waals surface area (Å²) >= 11 is 1.03. The molecule has 0 atom stereocenters. The maximum absolute atomic E-state index is 11.8. The number of anilines is 1. The molecule has 0 aromatic carbocycles. The molecule has 0 aliphatic heterocycles. The van der Waals surface area contributed by atoms with E-state index in [0.717, 1.165) is 17.4 Å². The molecule has 21 heavy (non-hydrogen) atoms. The molecule has 1 aromatic rings. The molecular weight excluding hydrogens is 313 g/mol. The summed E-state index contributed by atoms with van der Waals surface area (Å²) < 4.78 is 39.6. The summed E-state index contributed by atoms with van der Waals surface area (Å²) in [6.45, 7) is -1.76. The Morgan fingerprint density at radius 3 is 2.81 bits per heavy atom. The van der Waals surface area contributed by atoms with Gasteiger partial charge in [0.15, 0.2) is 5.13 Å². The van der Waals surface area contributed by atoms with Gasteiger partial charge in [0, 0.05) is 17.2 Å². The minimum Gasteiger partial charge on any atom is -0.478 e. The van der Waals surface area contributed by atoms with Crippen LogP contribution in [0.25, 0.3) is 6.08 Å². The molecule has 2 N–H and O–H groups in total. The first kappa shape index (κ1) is 17.1. The van der Waals surface area contributed by atoms with Gasteiger partial charge in [0.25, 0.3) is 0 Å². The van der Waals surface area contributed by atoms with Gasteiger partial charge in [-0.3, -0.25) is 4.79 Å². The van der Waals surface area contributed by atoms with Gasteiger partial charge in [-0.05, 0) is 6.08 Å². The van der Waals surface area contributed by atoms with Crippen LogP contribution in [0.5, 0.6) is 0 Å². The fourth-order valence-corrected chi connectivity index (χ4v) is 1.84. The van der Waals surface area contributed by atoms with Crippen LogP contribution < -0.4 is 5.32 Å². The van der Waals surface area contributed by atoms with Crippen molar-refractivity contribution in [2.24, 2.45) is 0 Å². The lowest BCUT2D eigenvalue weighted by Gasteiger charge is -2.06. The number of halogens is 3. The van der Waals surface area contributed by atoms with Crippen LogP contribution in [0.4, 0.5) is 18.3 Å². The summed E-state index contributed by atoms with van der Waals surface area (Å²) in [6, 6.07) is 0. The lowest BCUT2D eigenvalue weighted by molar-refractivity contribution is -0.174. The number of thiazole rings is 1. The molecule has 0 fully saturated rings. The lowest BCUT2D eigenvalue weighted by atomic mass is 10.4. The van der Waals surface area contributed by atoms with E-state index >= 15 is 0 Å². The highest BCUT2D eigenvalue weighted by molar-refractivity contribution is 7.16. The lowest BCUT2D eigenvalue weighted by Crippen LogP contribution is -2.20. The maximum atomic E-state index is 11.8. The number of ether oxygens (including phenoxy) is 1. The molecule has 6 nitrogen and oxygen atoms in total. The highest BCUT2D eigenvalue weighted by Gasteiger charge is 2.27. The quantitative estimate of drug-likeness (QED) is 0.592. The summed E-state index contributed by atoms with van der Waals surface area (Å²) in [5, 5.41) is 11.0. The average Bonchev–Trinajstić information content (AvgIpc) is 2.78. The zero-order valence-electron chi connectivity index (χ0n) is 10.5. The van der Waals surface area contributed by atoms with Crippen LogP contribution in [0.2, 0.25) is 0 Å². The molecule has 0 saturated carbocycles. The Morgan fingerprint density at radius 1 is 1.48 bits per heavy atom. The topological polar surface area (TPSA) is 88.5 Å². The highest BCUT2D eigenvalue weighted by atomic mass is 32.1. The van der Waals surface area contributed by atoms with Gasteiger partial charge in [0.05, 0.1) is 13.0 Å². The number of nitrogens with zero attached hydrogens (tertiary/aromatic N) is 1. The first-order valence-electron chi connectivity index (χ1n) is 5.57. The van der Waals surface area contributed by atoms with Gasteiger partial charge in [-0.1, -0.05) is 11.3 Å². The zero-order chi connectivity index (χ0) is 15.9. The molecule has 0 aliphatic rings. The number of carbonyl (C=O) groups is 2. The van der Waals surface area contributed by atoms with Crippen molar-refractivity contribution in [2.45, 2.75) is 12.6 Å². The van der Waals surface area contributed by atoms with E-state index in [4.69, 9.17) is 5.11 Å². The summed E-state index contributed by atoms with van der Waals surface area (Å²) in [7, 11) is 0. The summed E-state index contributed by atoms with van der Waals surface area (Å²) in [5.74, 6) is -1.66. The van der Waals surface area contributed by atoms with Crippen molar-refractivity contribution in [1.82, 2.24) is 4.98 Å². The third-order valence-electron chi connectivity index (χ3n) is 1.90. The van der Waals surface area contributed by atoms with Crippen molar-refractivity contribution in [3.8, 4) is 0 Å². The second-order valence-electron chi connectivity index (χ2n) is 3.71. The number of rotatable bonds is 7. The van der Waals surface area contributed by atoms with Crippen molar-refractivity contribution < 1.29 is 32.6 Å². The molecule has 1 amide bonds. The smallest absolute Gasteiger partial charge is 0.411 e. The number of carboxylic acid groups (broad SMARTS) is 1. The van der Waals surface area contributed by atoms with E-state index < -0.39 is 24.7 Å². The number of amides is 1. The van der Waals surface area contributed by atoms with Crippen molar-refractivity contribution in [3.05, 3.63) is 17.2 Å². The summed E-state index contributed by atoms with van der Waals surface area (Å²) in [4.78, 5) is 26.0. The summed E-state index contributed by atoms with van der Waals surface area (Å²) in [6.07, 6.45) is -1.07. The Hall–Kier alpha value is -1.94. The first-order valence-corrected chi connectivity index (χ1v) is 6.39. The maximum Gasteiger partial charge on any atom is 0.411 e. The Bertz CT molecular complexity index is 528. The minimum atomic E-state index is -4.42. The van der Waals surface area contributed by atoms with Gasteiger partial charge >= 0.3 is 12.1 Å². The molecule has 1 rings (SSSR count). The predicted molar refractivity (Wildman–Crippen MR) is 68.9 cm³/mol. The molecule has 0 bridgehead atoms. The number of aliphatic carboxylic acids is 1. The molecule has 0 saturated heterocycles. The second-order valence-corrected chi connectivity index (χ2v) is 4.77. The predicted octanol–water partition coefficient (Wildman–Crippen LogP) is 2.15. The molecule has 1 aromatic heterocycles. The molecule has 116 valence electrons. The van der Waals surface area contributed by atoms with Crippen LogP contribution in [-0.2, 0) is 14.3 Å². The SMILES string of the molecule is O=C(O)/C=C/c1cnc(NC(=O)CCOCC(F)(F)F)s1. The molecule has 0 aliphatic carbocycles. The molecule has 1 heterocycles. The minimum absolute atomic E-state index is 0.223. The molecule has 0 spiro atoms. The third-order valence-corrected chi connectivity index (χ3v) is 2.78. The molecule has 0 radical (unpaired) electrons. The Balaban J connectivity index is 2.33. The number of hydrogen-bond donors (Lipinski definition) is 2. The monoisotopic (exact) mass is 324 g/mol. The van der Waals surface area contributed by atoms with E-state index in [9.17, 15) is 22.8 Å². The van der Waals surface area contributed by atoms with Gasteiger partial charge in [-0.2, -0.15) is 13.2 Å². The average molecular weight is 324 g/mol. The van der Waals surface area contributed by atoms with Gasteiger partial charge < -0.3 is 15.2 Å². The van der Waals surface area contributed by atoms with Gasteiger partial charge in [-0.25, -0.2) is 9.78 Å². The van der Waals surface area contributed by atoms with Crippen LogP contribution in [-0.4, -0.2) is 41.4 Å². The van der Waals surface area contributed by atoms with Crippen molar-refractivity contribution in [2.75, 3.05) is 18.5 Å². The van der Waals surface area contributed by atoms with E-state index in [-0.39, 0.29) is 18.2 Å². The number of carboxylic acids is 1. The molecular formula is C11H11F3N2O4S. The fraction of sp³-hybridized carbons (Fsp3) is 0.364. The molecule has 10 heteroatoms. The van der Waals surface area contributed by atoms with Crippen LogP contribution >= 0.6 is 11.3 Å². The van der Waals surface area contributed by atoms with Crippen molar-refractivity contribution in [3.63, 3.8) is 0 Å². The zero-order valence-corrected chi connectivity index (χ0v) is 11.3. The number of alkyl halides is 3. The van der Waals surface area contributed by atoms with E-state index in [1.807, 2.05) is 0 Å². The Morgan fingerprint density at radius 2 is 2.19 bits per heavy atom. The van der Waals surface area contributed by atoms with Crippen molar-refractivity contribution >= 4 is 34.4 Å². The van der Waals surface area contributed by atoms with Crippen LogP contribution in [0.1, 0.15) is 11.3 Å². The van der Waals surface area contributed by atoms with Crippen LogP contribution in [0.3, 0.4) is 0 Å². The summed E-state index contributed by atoms with van der Waals surface area (Å²) in [5.41, 5.74) is 0. The number of hydrogen-bond acceptors (Lipinski definition) is 5. The van der Waals surface area contributed by atoms with E-state index in [2.05, 4.69) is 15.0 Å². The van der Waals surface area contributed by atoms with E-state index in [0.29, 0.717) is 4.88 Å². The Labute approximate surface area is 121 Å². The van der Waals surface area contributed by atoms with E-state index in [1.165, 1.54) is 12.3 Å².